The van der Waals surface area contributed by atoms with E-state index in [1.165, 1.54) is 0 Å². The third-order valence-electron chi connectivity index (χ3n) is 6.76. The molecule has 7 nitrogen and oxygen atoms in total. The number of imidazole rings is 1. The molecule has 0 saturated carbocycles. The molecular formula is C26H28Cl2N6O. The van der Waals surface area contributed by atoms with Crippen molar-refractivity contribution in [2.45, 2.75) is 6.92 Å². The second kappa shape index (κ2) is 9.66. The standard InChI is InChI=1S/C26H28Cl2N6O/c1-16-17-9-10-21-24(33(3)26(30-21)31-23-18(27)6-4-7-19(23)28)22(17)25(35)29-20(16)8-5-11-34-14-12-32(2)13-15-34/h4-10H,11-15H2,1-3H3,(H,29,35)(H,30,31)/b8-5+. The van der Waals surface area contributed by atoms with Crippen LogP contribution in [0.2, 0.25) is 10.0 Å². The summed E-state index contributed by atoms with van der Waals surface area (Å²) in [6, 6.07) is 9.24. The molecule has 0 amide bonds. The molecule has 0 unspecified atom stereocenters. The molecule has 5 rings (SSSR count). The molecule has 1 fully saturated rings. The molecule has 1 saturated heterocycles. The van der Waals surface area contributed by atoms with Gasteiger partial charge in [0.05, 0.1) is 32.2 Å². The van der Waals surface area contributed by atoms with Gasteiger partial charge in [-0.05, 0) is 49.2 Å². The maximum absolute atomic E-state index is 13.3. The van der Waals surface area contributed by atoms with Crippen molar-refractivity contribution < 1.29 is 0 Å². The Hall–Kier alpha value is -2.84. The van der Waals surface area contributed by atoms with Gasteiger partial charge in [-0.1, -0.05) is 41.4 Å². The van der Waals surface area contributed by atoms with E-state index in [9.17, 15) is 4.79 Å². The minimum absolute atomic E-state index is 0.138. The number of anilines is 2. The molecule has 9 heteroatoms. The normalized spacial score (nSPS) is 15.6. The van der Waals surface area contributed by atoms with Crippen LogP contribution in [-0.2, 0) is 7.05 Å². The minimum atomic E-state index is -0.138. The average molecular weight is 511 g/mol. The molecule has 2 aromatic heterocycles. The number of nitrogens with zero attached hydrogens (tertiary/aromatic N) is 4. The molecule has 0 bridgehead atoms. The van der Waals surface area contributed by atoms with Crippen LogP contribution in [0.15, 0.2) is 41.2 Å². The van der Waals surface area contributed by atoms with Gasteiger partial charge >= 0.3 is 0 Å². The number of rotatable bonds is 5. The third-order valence-corrected chi connectivity index (χ3v) is 7.39. The van der Waals surface area contributed by atoms with E-state index in [2.05, 4.69) is 33.2 Å². The third kappa shape index (κ3) is 4.57. The van der Waals surface area contributed by atoms with E-state index < -0.39 is 0 Å². The van der Waals surface area contributed by atoms with E-state index in [0.717, 1.165) is 54.9 Å². The molecular weight excluding hydrogens is 483 g/mol. The van der Waals surface area contributed by atoms with Gasteiger partial charge in [-0.2, -0.15) is 0 Å². The lowest BCUT2D eigenvalue weighted by Crippen LogP contribution is -2.44. The Bertz CT molecular complexity index is 1480. The Morgan fingerprint density at radius 3 is 2.51 bits per heavy atom. The van der Waals surface area contributed by atoms with E-state index in [-0.39, 0.29) is 5.56 Å². The summed E-state index contributed by atoms with van der Waals surface area (Å²) < 4.78 is 1.87. The number of fused-ring (bicyclic) bond motifs is 3. The number of halogens is 2. The lowest BCUT2D eigenvalue weighted by molar-refractivity contribution is 0.167. The molecule has 2 aromatic carbocycles. The molecule has 182 valence electrons. The van der Waals surface area contributed by atoms with E-state index in [0.29, 0.717) is 32.6 Å². The summed E-state index contributed by atoms with van der Waals surface area (Å²) in [5, 5.41) is 5.74. The maximum atomic E-state index is 13.3. The van der Waals surface area contributed by atoms with Gasteiger partial charge in [0.15, 0.2) is 0 Å². The molecule has 0 aliphatic carbocycles. The number of aromatic amines is 1. The first-order chi connectivity index (χ1) is 16.8. The number of benzene rings is 2. The van der Waals surface area contributed by atoms with Gasteiger partial charge in [0, 0.05) is 45.5 Å². The molecule has 2 N–H and O–H groups in total. The molecule has 0 spiro atoms. The summed E-state index contributed by atoms with van der Waals surface area (Å²) in [5.74, 6) is 0.552. The summed E-state index contributed by atoms with van der Waals surface area (Å²) in [4.78, 5) is 25.8. The van der Waals surface area contributed by atoms with Crippen molar-refractivity contribution in [3.63, 3.8) is 0 Å². The van der Waals surface area contributed by atoms with Crippen LogP contribution in [0.25, 0.3) is 27.9 Å². The number of hydrogen-bond acceptors (Lipinski definition) is 5. The summed E-state index contributed by atoms with van der Waals surface area (Å²) >= 11 is 12.7. The molecule has 3 heterocycles. The molecule has 1 aliphatic heterocycles. The fourth-order valence-corrected chi connectivity index (χ4v) is 5.12. The van der Waals surface area contributed by atoms with E-state index in [4.69, 9.17) is 28.2 Å². The zero-order valence-corrected chi connectivity index (χ0v) is 21.5. The Morgan fingerprint density at radius 2 is 1.80 bits per heavy atom. The number of piperazine rings is 1. The van der Waals surface area contributed by atoms with Gasteiger partial charge in [0.1, 0.15) is 0 Å². The topological polar surface area (TPSA) is 69.2 Å². The number of likely N-dealkylation sites (N-methyl/N-ethyl adjacent to an activating group) is 1. The van der Waals surface area contributed by atoms with Crippen LogP contribution in [0.5, 0.6) is 0 Å². The van der Waals surface area contributed by atoms with E-state index in [1.807, 2.05) is 36.7 Å². The predicted octanol–water partition coefficient (Wildman–Crippen LogP) is 5.03. The highest BCUT2D eigenvalue weighted by molar-refractivity contribution is 6.39. The molecule has 1 aliphatic rings. The fourth-order valence-electron chi connectivity index (χ4n) is 4.63. The first kappa shape index (κ1) is 23.9. The highest BCUT2D eigenvalue weighted by Crippen LogP contribution is 2.34. The number of nitrogens with one attached hydrogen (secondary N) is 2. The SMILES string of the molecule is Cc1c(/C=C/CN2CCN(C)CC2)[nH]c(=O)c2c1ccc1nc(Nc3c(Cl)cccc3Cl)n(C)c12. The molecule has 0 radical (unpaired) electrons. The Morgan fingerprint density at radius 1 is 1.09 bits per heavy atom. The number of pyridine rings is 1. The van der Waals surface area contributed by atoms with Crippen LogP contribution in [0.1, 0.15) is 11.3 Å². The zero-order valence-electron chi connectivity index (χ0n) is 20.0. The molecule has 0 atom stereocenters. The average Bonchev–Trinajstić information content (AvgIpc) is 3.15. The van der Waals surface area contributed by atoms with Crippen molar-refractivity contribution in [1.82, 2.24) is 24.3 Å². The van der Waals surface area contributed by atoms with Crippen LogP contribution in [0, 0.1) is 6.92 Å². The fraction of sp³-hybridized carbons (Fsp3) is 0.308. The summed E-state index contributed by atoms with van der Waals surface area (Å²) in [6.45, 7) is 7.19. The number of hydrogen-bond donors (Lipinski definition) is 2. The Balaban J connectivity index is 1.51. The van der Waals surface area contributed by atoms with Crippen molar-refractivity contribution in [2.24, 2.45) is 7.05 Å². The lowest BCUT2D eigenvalue weighted by Gasteiger charge is -2.31. The quantitative estimate of drug-likeness (QED) is 0.393. The van der Waals surface area contributed by atoms with Crippen molar-refractivity contribution in [3.8, 4) is 0 Å². The second-order valence-corrected chi connectivity index (χ2v) is 9.89. The van der Waals surface area contributed by atoms with Crippen molar-refractivity contribution in [3.05, 3.63) is 68.1 Å². The molecule has 35 heavy (non-hydrogen) atoms. The van der Waals surface area contributed by atoms with Gasteiger partial charge in [-0.3, -0.25) is 9.69 Å². The van der Waals surface area contributed by atoms with E-state index >= 15 is 0 Å². The smallest absolute Gasteiger partial charge is 0.258 e. The van der Waals surface area contributed by atoms with E-state index in [1.54, 1.807) is 18.2 Å². The van der Waals surface area contributed by atoms with Gasteiger partial charge < -0.3 is 19.8 Å². The number of aryl methyl sites for hydroxylation is 2. The lowest BCUT2D eigenvalue weighted by atomic mass is 10.0. The van der Waals surface area contributed by atoms with Crippen LogP contribution < -0.4 is 10.9 Å². The number of aromatic nitrogens is 3. The highest BCUT2D eigenvalue weighted by atomic mass is 35.5. The first-order valence-electron chi connectivity index (χ1n) is 11.6. The number of para-hydroxylation sites is 1. The van der Waals surface area contributed by atoms with Crippen LogP contribution in [-0.4, -0.2) is 64.1 Å². The van der Waals surface area contributed by atoms with Gasteiger partial charge in [-0.15, -0.1) is 0 Å². The van der Waals surface area contributed by atoms with Crippen molar-refractivity contribution in [1.29, 1.82) is 0 Å². The van der Waals surface area contributed by atoms with Gasteiger partial charge in [-0.25, -0.2) is 4.98 Å². The zero-order chi connectivity index (χ0) is 24.7. The molecule has 4 aromatic rings. The Labute approximate surface area is 214 Å². The monoisotopic (exact) mass is 510 g/mol. The highest BCUT2D eigenvalue weighted by Gasteiger charge is 2.18. The van der Waals surface area contributed by atoms with Gasteiger partial charge in [0.2, 0.25) is 5.95 Å². The van der Waals surface area contributed by atoms with Crippen LogP contribution in [0.4, 0.5) is 11.6 Å². The largest absolute Gasteiger partial charge is 0.323 e. The van der Waals surface area contributed by atoms with Crippen molar-refractivity contribution >= 4 is 62.7 Å². The van der Waals surface area contributed by atoms with Crippen molar-refractivity contribution in [2.75, 3.05) is 45.1 Å². The summed E-state index contributed by atoms with van der Waals surface area (Å²) in [5.41, 5.74) is 3.77. The summed E-state index contributed by atoms with van der Waals surface area (Å²) in [6.07, 6.45) is 4.15. The van der Waals surface area contributed by atoms with Crippen LogP contribution >= 0.6 is 23.2 Å². The maximum Gasteiger partial charge on any atom is 0.258 e. The Kier molecular flexibility index (Phi) is 6.59. The number of H-pyrrole nitrogens is 1. The summed E-state index contributed by atoms with van der Waals surface area (Å²) in [7, 11) is 4.03. The second-order valence-electron chi connectivity index (χ2n) is 9.07. The predicted molar refractivity (Wildman–Crippen MR) is 146 cm³/mol. The first-order valence-corrected chi connectivity index (χ1v) is 12.4. The minimum Gasteiger partial charge on any atom is -0.323 e. The van der Waals surface area contributed by atoms with Gasteiger partial charge in [0.25, 0.3) is 5.56 Å². The van der Waals surface area contributed by atoms with Crippen LogP contribution in [0.3, 0.4) is 0 Å².